The predicted molar refractivity (Wildman–Crippen MR) is 345 cm³/mol. The van der Waals surface area contributed by atoms with E-state index in [0.29, 0.717) is 44.9 Å². The Kier molecular flexibility index (Phi) is 32.5. The van der Waals surface area contributed by atoms with Gasteiger partial charge in [0.1, 0.15) is 73.1 Å². The van der Waals surface area contributed by atoms with Gasteiger partial charge in [-0.05, 0) is 97.6 Å². The van der Waals surface area contributed by atoms with Crippen LogP contribution >= 0.6 is 15.1 Å². The fourth-order valence-electron chi connectivity index (χ4n) is 12.9. The molecule has 0 aromatic carbocycles. The van der Waals surface area contributed by atoms with Crippen LogP contribution in [-0.2, 0) is 80.0 Å². The highest BCUT2D eigenvalue weighted by Crippen LogP contribution is 2.49. The van der Waals surface area contributed by atoms with Gasteiger partial charge in [-0.1, -0.05) is 6.92 Å². The van der Waals surface area contributed by atoms with Crippen LogP contribution < -0.4 is 16.0 Å². The molecule has 6 amide bonds. The second-order valence-electron chi connectivity index (χ2n) is 26.7. The van der Waals surface area contributed by atoms with E-state index in [-0.39, 0.29) is 115 Å². The van der Waals surface area contributed by atoms with Crippen molar-refractivity contribution < 1.29 is 136 Å². The van der Waals surface area contributed by atoms with Crippen LogP contribution in [0.25, 0.3) is 0 Å². The van der Waals surface area contributed by atoms with E-state index in [1.807, 2.05) is 27.7 Å². The van der Waals surface area contributed by atoms with Gasteiger partial charge in [0.25, 0.3) is 0 Å². The zero-order valence-electron chi connectivity index (χ0n) is 56.6. The zero-order valence-corrected chi connectivity index (χ0v) is 58.4. The number of ether oxygens (including phenoxy) is 7. The van der Waals surface area contributed by atoms with E-state index in [9.17, 15) is 84.5 Å². The summed E-state index contributed by atoms with van der Waals surface area (Å²) >= 11 is 0. The average molecular weight is 1440 g/mol. The van der Waals surface area contributed by atoms with Crippen LogP contribution in [0.1, 0.15) is 132 Å². The number of hydrogen-bond donors (Lipinski definition) is 14. The third-order valence-corrected chi connectivity index (χ3v) is 20.0. The van der Waals surface area contributed by atoms with Gasteiger partial charge < -0.3 is 138 Å². The highest BCUT2D eigenvalue weighted by atomic mass is 31.2. The quantitative estimate of drug-likeness (QED) is 0.0219. The number of aliphatic hydroxyl groups is 9. The maximum Gasteiger partial charge on any atom is 0.248 e. The van der Waals surface area contributed by atoms with Crippen molar-refractivity contribution in [1.82, 2.24) is 30.7 Å². The van der Waals surface area contributed by atoms with Gasteiger partial charge in [-0.3, -0.25) is 28.8 Å². The van der Waals surface area contributed by atoms with E-state index in [0.717, 1.165) is 0 Å². The highest BCUT2D eigenvalue weighted by Gasteiger charge is 2.49. The van der Waals surface area contributed by atoms with Crippen LogP contribution in [0, 0.1) is 0 Å². The first-order valence-electron chi connectivity index (χ1n) is 33.4. The van der Waals surface area contributed by atoms with Crippen LogP contribution in [0.4, 0.5) is 0 Å². The smallest absolute Gasteiger partial charge is 0.248 e. The SMILES string of the molecule is C=P(O)(OC[C@@H]1CC(OP(=C)(O)OC[C@@H]2C[C@@H](OC(C)(C)C)CN2C(=O)CCCCOC2OC(CO)C(O)C(O)C2NC(C)=O)CN1C(=O)CCCCOC1OC(CO)C(O)C(O)C1NC(C)=O)OC1C[C@@H](CC)N(C(=O)CCCCOC2OC(CO)C(O)C(O)C2NC(C)=O)C1. The molecule has 0 bridgehead atoms. The molecule has 6 aliphatic heterocycles. The van der Waals surface area contributed by atoms with Gasteiger partial charge in [-0.25, -0.2) is 0 Å². The van der Waals surface area contributed by atoms with Crippen LogP contribution in [0.5, 0.6) is 0 Å². The van der Waals surface area contributed by atoms with Gasteiger partial charge >= 0.3 is 0 Å². The number of unbranched alkanes of at least 4 members (excludes halogenated alkanes) is 3. The van der Waals surface area contributed by atoms with Gasteiger partial charge in [0.05, 0.1) is 69.0 Å². The Balaban J connectivity index is 1.05. The van der Waals surface area contributed by atoms with E-state index < -0.39 is 181 Å². The van der Waals surface area contributed by atoms with Gasteiger partial charge in [0.15, 0.2) is 18.9 Å². The molecule has 19 unspecified atom stereocenters. The van der Waals surface area contributed by atoms with Gasteiger partial charge in [0.2, 0.25) is 50.6 Å². The molecule has 0 radical (unpaired) electrons. The molecule has 0 saturated carbocycles. The summed E-state index contributed by atoms with van der Waals surface area (Å²) in [6.07, 6.45) is -6.98. The first kappa shape index (κ1) is 82.5. The number of nitrogens with zero attached hydrogens (tertiary/aromatic N) is 3. The third-order valence-electron chi connectivity index (χ3n) is 17.6. The molecule has 6 saturated heterocycles. The maximum atomic E-state index is 14.2. The number of likely N-dealkylation sites (tertiary alicyclic amines) is 3. The van der Waals surface area contributed by atoms with Gasteiger partial charge in [0, 0.05) is 85.5 Å². The molecule has 560 valence electrons. The number of aliphatic hydroxyl groups excluding tert-OH is 9. The van der Waals surface area contributed by atoms with E-state index in [1.165, 1.54) is 25.7 Å². The number of carbonyl (C=O) groups excluding carboxylic acids is 6. The number of nitrogens with one attached hydrogen (secondary N) is 3. The first-order chi connectivity index (χ1) is 45.7. The Morgan fingerprint density at radius 1 is 0.485 bits per heavy atom. The molecule has 6 heterocycles. The average Bonchev–Trinajstić information content (AvgIpc) is 1.76. The van der Waals surface area contributed by atoms with Gasteiger partial charge in [-0.15, -0.1) is 0 Å². The summed E-state index contributed by atoms with van der Waals surface area (Å²) in [4.78, 5) is 106. The maximum absolute atomic E-state index is 14.2. The lowest BCUT2D eigenvalue weighted by Crippen LogP contribution is -2.64. The molecule has 6 fully saturated rings. The van der Waals surface area contributed by atoms with Crippen molar-refractivity contribution in [3.63, 3.8) is 0 Å². The molecule has 97 heavy (non-hydrogen) atoms. The lowest BCUT2D eigenvalue weighted by molar-refractivity contribution is -0.270. The number of carbonyl (C=O) groups is 6. The van der Waals surface area contributed by atoms with E-state index in [4.69, 9.17) is 51.3 Å². The summed E-state index contributed by atoms with van der Waals surface area (Å²) in [5.41, 5.74) is -0.579. The molecular formula is C61H108N6O28P2. The number of rotatable bonds is 36. The Morgan fingerprint density at radius 3 is 1.08 bits per heavy atom. The molecule has 0 spiro atoms. The lowest BCUT2D eigenvalue weighted by Gasteiger charge is -2.42. The topological polar surface area (TPSA) is 472 Å². The second-order valence-corrected chi connectivity index (χ2v) is 30.2. The molecule has 23 atom stereocenters. The largest absolute Gasteiger partial charge is 0.394 e. The van der Waals surface area contributed by atoms with E-state index >= 15 is 0 Å². The van der Waals surface area contributed by atoms with Crippen molar-refractivity contribution >= 4 is 63.2 Å². The number of amides is 6. The first-order valence-corrected chi connectivity index (χ1v) is 36.9. The molecule has 36 heteroatoms. The highest BCUT2D eigenvalue weighted by molar-refractivity contribution is 7.58. The van der Waals surface area contributed by atoms with Crippen molar-refractivity contribution in [2.75, 3.05) is 72.5 Å². The van der Waals surface area contributed by atoms with Gasteiger partial charge in [-0.2, -0.15) is 0 Å². The monoisotopic (exact) mass is 1430 g/mol. The zero-order chi connectivity index (χ0) is 71.7. The van der Waals surface area contributed by atoms with E-state index in [1.54, 1.807) is 9.80 Å². The summed E-state index contributed by atoms with van der Waals surface area (Å²) in [6, 6.07) is -5.06. The van der Waals surface area contributed by atoms with Crippen LogP contribution in [0.3, 0.4) is 0 Å². The fourth-order valence-corrected chi connectivity index (χ4v) is 15.1. The van der Waals surface area contributed by atoms with E-state index in [2.05, 4.69) is 28.5 Å². The Hall–Kier alpha value is -3.46. The van der Waals surface area contributed by atoms with Crippen molar-refractivity contribution in [3.05, 3.63) is 0 Å². The Morgan fingerprint density at radius 2 is 0.784 bits per heavy atom. The molecule has 6 aliphatic rings. The summed E-state index contributed by atoms with van der Waals surface area (Å²) in [5, 5.41) is 99.7. The fraction of sp³-hybridized carbons (Fsp3) is 0.869. The van der Waals surface area contributed by atoms with Crippen LogP contribution in [0.2, 0.25) is 0 Å². The van der Waals surface area contributed by atoms with Crippen molar-refractivity contribution in [2.24, 2.45) is 0 Å². The normalized spacial score (nSPS) is 34.5. The molecule has 0 aromatic heterocycles. The minimum atomic E-state index is -3.99. The minimum Gasteiger partial charge on any atom is -0.394 e. The molecule has 6 rings (SSSR count). The van der Waals surface area contributed by atoms with Crippen molar-refractivity contribution in [1.29, 1.82) is 0 Å². The minimum absolute atomic E-state index is 0.0293. The molecular weight excluding hydrogens is 1330 g/mol. The molecule has 34 nitrogen and oxygen atoms in total. The molecule has 14 N–H and O–H groups in total. The summed E-state index contributed by atoms with van der Waals surface area (Å²) in [5.74, 6) is -2.35. The van der Waals surface area contributed by atoms with Crippen LogP contribution in [0.15, 0.2) is 0 Å². The van der Waals surface area contributed by atoms with Crippen molar-refractivity contribution in [2.45, 2.75) is 266 Å². The lowest BCUT2D eigenvalue weighted by atomic mass is 9.97. The Bertz CT molecular complexity index is 2640. The van der Waals surface area contributed by atoms with Crippen LogP contribution in [-0.4, -0.2) is 325 Å². The standard InChI is InChI=1S/C61H108N6O28P2/c1-10-37-23-41(27-65(37)46(74)17-11-14-20-85-58-49(62-34(2)71)55(80)52(77)43(29-68)90-58)94-96(8,83)89-33-39-25-42(28-67(39)48(76)19-13-16-22-87-60-51(64-36(4)73)57(82)54(79)45(31-70)92-60)95-97(9,84)88-32-38-24-40(93-61(5,6)7)26-66(38)47(75)18-12-15-21-86-59-50(63-35(3)72)56(81)53(78)44(30-69)91-59/h37-45,49-60,68-70,77-84H,8-33H2,1-7H3,(H,62,71)(H,63,72)(H,64,73)/t37-,38+,39+,40-,41?,42?,43?,44?,45?,49?,50?,51?,52?,53?,54?,55?,56?,57?,58?,59?,60?,96?,97?/m1/s1. The summed E-state index contributed by atoms with van der Waals surface area (Å²) < 4.78 is 65.1. The molecule has 0 aromatic rings. The second kappa shape index (κ2) is 38.2. The molecule has 0 aliphatic carbocycles. The van der Waals surface area contributed by atoms with Crippen molar-refractivity contribution in [3.8, 4) is 0 Å². The number of hydrogen-bond acceptors (Lipinski definition) is 28. The summed E-state index contributed by atoms with van der Waals surface area (Å²) in [7, 11) is -7.92. The third kappa shape index (κ3) is 24.6. The Labute approximate surface area is 566 Å². The summed E-state index contributed by atoms with van der Waals surface area (Å²) in [6.45, 7) is 9.12. The predicted octanol–water partition coefficient (Wildman–Crippen LogP) is -3.05.